The molecule has 7 heteroatoms. The lowest BCUT2D eigenvalue weighted by Gasteiger charge is -2.18. The van der Waals surface area contributed by atoms with Gasteiger partial charge in [-0.25, -0.2) is 14.2 Å². The van der Waals surface area contributed by atoms with E-state index < -0.39 is 24.2 Å². The Morgan fingerprint density at radius 1 is 1.24 bits per heavy atom. The fraction of sp³-hybridized carbons (Fsp3) is 0.400. The van der Waals surface area contributed by atoms with Gasteiger partial charge < -0.3 is 0 Å². The molecule has 0 bridgehead atoms. The van der Waals surface area contributed by atoms with Crippen molar-refractivity contribution in [1.29, 1.82) is 0 Å². The summed E-state index contributed by atoms with van der Waals surface area (Å²) in [6, 6.07) is 1.11. The number of benzene rings is 1. The summed E-state index contributed by atoms with van der Waals surface area (Å²) >= 11 is 0. The standard InChI is InChI=1S/C10H11F5N2/c1-5-4-6(10(13,14)15)2-3-7(5)8(17-16)9(11)12/h2-4,8-9,17H,16H2,1H3. The largest absolute Gasteiger partial charge is 0.416 e. The Morgan fingerprint density at radius 2 is 1.82 bits per heavy atom. The van der Waals surface area contributed by atoms with Crippen molar-refractivity contribution in [1.82, 2.24) is 5.43 Å². The first kappa shape index (κ1) is 13.9. The highest BCUT2D eigenvalue weighted by atomic mass is 19.4. The second-order valence-electron chi connectivity index (χ2n) is 3.55. The van der Waals surface area contributed by atoms with E-state index in [1.54, 1.807) is 0 Å². The minimum absolute atomic E-state index is 0.0514. The van der Waals surface area contributed by atoms with Crippen LogP contribution in [0.2, 0.25) is 0 Å². The summed E-state index contributed by atoms with van der Waals surface area (Å²) in [7, 11) is 0. The van der Waals surface area contributed by atoms with Crippen LogP contribution in [0, 0.1) is 6.92 Å². The number of hydrogen-bond donors (Lipinski definition) is 2. The van der Waals surface area contributed by atoms with Gasteiger partial charge in [-0.2, -0.15) is 13.2 Å². The topological polar surface area (TPSA) is 38.0 Å². The van der Waals surface area contributed by atoms with E-state index in [0.29, 0.717) is 0 Å². The minimum Gasteiger partial charge on any atom is -0.271 e. The number of nitrogens with two attached hydrogens (primary N) is 1. The highest BCUT2D eigenvalue weighted by molar-refractivity contribution is 5.34. The highest BCUT2D eigenvalue weighted by Gasteiger charge is 2.31. The molecular weight excluding hydrogens is 243 g/mol. The molecule has 0 aromatic heterocycles. The Bertz CT molecular complexity index is 389. The number of aryl methyl sites for hydroxylation is 1. The van der Waals surface area contributed by atoms with Gasteiger partial charge in [0.25, 0.3) is 6.43 Å². The predicted octanol–water partition coefficient (Wildman–Crippen LogP) is 2.78. The molecule has 1 rings (SSSR count). The van der Waals surface area contributed by atoms with Gasteiger partial charge in [0.1, 0.15) is 6.04 Å². The predicted molar refractivity (Wildman–Crippen MR) is 52.2 cm³/mol. The molecule has 1 unspecified atom stereocenters. The van der Waals surface area contributed by atoms with Crippen LogP contribution in [0.15, 0.2) is 18.2 Å². The molecule has 0 aliphatic rings. The second-order valence-corrected chi connectivity index (χ2v) is 3.55. The smallest absolute Gasteiger partial charge is 0.271 e. The molecule has 1 atom stereocenters. The third kappa shape index (κ3) is 3.13. The average molecular weight is 254 g/mol. The molecule has 0 spiro atoms. The summed E-state index contributed by atoms with van der Waals surface area (Å²) in [5.41, 5.74) is 1.18. The van der Waals surface area contributed by atoms with Crippen LogP contribution < -0.4 is 11.3 Å². The maximum atomic E-state index is 12.5. The van der Waals surface area contributed by atoms with Gasteiger partial charge >= 0.3 is 6.18 Å². The maximum Gasteiger partial charge on any atom is 0.416 e. The molecule has 0 amide bonds. The SMILES string of the molecule is Cc1cc(C(F)(F)F)ccc1C(NN)C(F)F. The Hall–Kier alpha value is -1.21. The number of halogens is 5. The van der Waals surface area contributed by atoms with Crippen LogP contribution >= 0.6 is 0 Å². The molecule has 3 N–H and O–H groups in total. The molecule has 0 heterocycles. The molecule has 0 saturated heterocycles. The summed E-state index contributed by atoms with van der Waals surface area (Å²) in [5.74, 6) is 4.95. The molecule has 0 aliphatic heterocycles. The third-order valence-corrected chi connectivity index (χ3v) is 2.36. The van der Waals surface area contributed by atoms with Crippen molar-refractivity contribution in [3.8, 4) is 0 Å². The van der Waals surface area contributed by atoms with Crippen molar-refractivity contribution in [2.24, 2.45) is 5.84 Å². The Kier molecular flexibility index (Phi) is 4.05. The minimum atomic E-state index is -4.49. The first-order chi connectivity index (χ1) is 7.77. The summed E-state index contributed by atoms with van der Waals surface area (Å²) < 4.78 is 62.1. The maximum absolute atomic E-state index is 12.5. The van der Waals surface area contributed by atoms with Crippen molar-refractivity contribution in [3.05, 3.63) is 34.9 Å². The normalized spacial score (nSPS) is 14.1. The van der Waals surface area contributed by atoms with Gasteiger partial charge in [0.2, 0.25) is 0 Å². The van der Waals surface area contributed by atoms with Gasteiger partial charge in [-0.1, -0.05) is 6.07 Å². The van der Waals surface area contributed by atoms with Crippen molar-refractivity contribution in [2.75, 3.05) is 0 Å². The summed E-state index contributed by atoms with van der Waals surface area (Å²) in [6.45, 7) is 1.33. The molecule has 0 radical (unpaired) electrons. The van der Waals surface area contributed by atoms with E-state index in [9.17, 15) is 22.0 Å². The van der Waals surface area contributed by atoms with E-state index in [4.69, 9.17) is 5.84 Å². The van der Waals surface area contributed by atoms with Gasteiger partial charge in [-0.3, -0.25) is 5.84 Å². The molecule has 0 saturated carbocycles. The van der Waals surface area contributed by atoms with Crippen LogP contribution in [-0.2, 0) is 6.18 Å². The first-order valence-corrected chi connectivity index (χ1v) is 4.69. The lowest BCUT2D eigenvalue weighted by molar-refractivity contribution is -0.137. The van der Waals surface area contributed by atoms with Crippen LogP contribution in [0.3, 0.4) is 0 Å². The van der Waals surface area contributed by atoms with Crippen molar-refractivity contribution >= 4 is 0 Å². The van der Waals surface area contributed by atoms with E-state index in [1.807, 2.05) is 5.43 Å². The van der Waals surface area contributed by atoms with Gasteiger partial charge in [-0.05, 0) is 30.2 Å². The summed E-state index contributed by atoms with van der Waals surface area (Å²) in [5, 5.41) is 0. The third-order valence-electron chi connectivity index (χ3n) is 2.36. The molecule has 96 valence electrons. The van der Waals surface area contributed by atoms with E-state index >= 15 is 0 Å². The van der Waals surface area contributed by atoms with Crippen molar-refractivity contribution < 1.29 is 22.0 Å². The Morgan fingerprint density at radius 3 is 2.18 bits per heavy atom. The van der Waals surface area contributed by atoms with Gasteiger partial charge in [0.15, 0.2) is 0 Å². The zero-order valence-corrected chi connectivity index (χ0v) is 8.85. The number of nitrogens with one attached hydrogen (secondary N) is 1. The van der Waals surface area contributed by atoms with Crippen LogP contribution in [0.5, 0.6) is 0 Å². The van der Waals surface area contributed by atoms with Gasteiger partial charge in [0, 0.05) is 0 Å². The molecule has 1 aromatic carbocycles. The fourth-order valence-corrected chi connectivity index (χ4v) is 1.50. The zero-order chi connectivity index (χ0) is 13.2. The van der Waals surface area contributed by atoms with Crippen LogP contribution in [-0.4, -0.2) is 6.43 Å². The summed E-state index contributed by atoms with van der Waals surface area (Å²) in [6.07, 6.45) is -7.28. The Balaban J connectivity index is 3.13. The molecule has 2 nitrogen and oxygen atoms in total. The molecular formula is C10H11F5N2. The van der Waals surface area contributed by atoms with Crippen molar-refractivity contribution in [2.45, 2.75) is 25.6 Å². The van der Waals surface area contributed by atoms with E-state index in [-0.39, 0.29) is 11.1 Å². The van der Waals surface area contributed by atoms with Crippen LogP contribution in [0.25, 0.3) is 0 Å². The monoisotopic (exact) mass is 254 g/mol. The lowest BCUT2D eigenvalue weighted by Crippen LogP contribution is -2.33. The second kappa shape index (κ2) is 4.97. The lowest BCUT2D eigenvalue weighted by atomic mass is 9.99. The molecule has 17 heavy (non-hydrogen) atoms. The number of alkyl halides is 5. The van der Waals surface area contributed by atoms with E-state index in [1.165, 1.54) is 6.92 Å². The van der Waals surface area contributed by atoms with Crippen molar-refractivity contribution in [3.63, 3.8) is 0 Å². The fourth-order valence-electron chi connectivity index (χ4n) is 1.50. The quantitative estimate of drug-likeness (QED) is 0.494. The van der Waals surface area contributed by atoms with Crippen LogP contribution in [0.1, 0.15) is 22.7 Å². The molecule has 0 aliphatic carbocycles. The zero-order valence-electron chi connectivity index (χ0n) is 8.85. The number of hydrogen-bond acceptors (Lipinski definition) is 2. The van der Waals surface area contributed by atoms with E-state index in [0.717, 1.165) is 18.2 Å². The highest BCUT2D eigenvalue weighted by Crippen LogP contribution is 2.32. The Labute approximate surface area is 94.6 Å². The van der Waals surface area contributed by atoms with E-state index in [2.05, 4.69) is 0 Å². The van der Waals surface area contributed by atoms with Gasteiger partial charge in [0.05, 0.1) is 5.56 Å². The average Bonchev–Trinajstić information content (AvgIpc) is 2.19. The molecule has 1 aromatic rings. The van der Waals surface area contributed by atoms with Crippen LogP contribution in [0.4, 0.5) is 22.0 Å². The molecule has 0 fully saturated rings. The number of hydrazine groups is 1. The summed E-state index contributed by atoms with van der Waals surface area (Å²) in [4.78, 5) is 0. The number of rotatable bonds is 3. The van der Waals surface area contributed by atoms with Gasteiger partial charge in [-0.15, -0.1) is 0 Å². The first-order valence-electron chi connectivity index (χ1n) is 4.69.